The third kappa shape index (κ3) is 3.46. The number of benzene rings is 1. The summed E-state index contributed by atoms with van der Waals surface area (Å²) in [6.07, 6.45) is 4.81. The van der Waals surface area contributed by atoms with Gasteiger partial charge in [-0.15, -0.1) is 0 Å². The summed E-state index contributed by atoms with van der Waals surface area (Å²) < 4.78 is 0. The van der Waals surface area contributed by atoms with Crippen LogP contribution in [0.4, 0.5) is 5.95 Å². The van der Waals surface area contributed by atoms with Crippen LogP contribution < -0.4 is 4.90 Å². The molecule has 1 saturated heterocycles. The van der Waals surface area contributed by atoms with E-state index in [0.717, 1.165) is 66.2 Å². The summed E-state index contributed by atoms with van der Waals surface area (Å²) in [4.78, 5) is 29.9. The highest BCUT2D eigenvalue weighted by molar-refractivity contribution is 6.06. The Kier molecular flexibility index (Phi) is 5.03. The van der Waals surface area contributed by atoms with Crippen LogP contribution >= 0.6 is 0 Å². The number of likely N-dealkylation sites (tertiary alicyclic amines) is 1. The Morgan fingerprint density at radius 1 is 1.32 bits per heavy atom. The zero-order chi connectivity index (χ0) is 19.7. The zero-order valence-corrected chi connectivity index (χ0v) is 16.8. The highest BCUT2D eigenvalue weighted by Gasteiger charge is 2.31. The lowest BCUT2D eigenvalue weighted by molar-refractivity contribution is 0.0742. The monoisotopic (exact) mass is 377 g/mol. The minimum Gasteiger partial charge on any atom is -0.361 e. The smallest absolute Gasteiger partial charge is 0.254 e. The van der Waals surface area contributed by atoms with Crippen molar-refractivity contribution in [1.29, 1.82) is 0 Å². The highest BCUT2D eigenvalue weighted by Crippen LogP contribution is 2.25. The Hall–Kier alpha value is -2.89. The van der Waals surface area contributed by atoms with Gasteiger partial charge in [0.15, 0.2) is 0 Å². The van der Waals surface area contributed by atoms with Gasteiger partial charge in [-0.2, -0.15) is 0 Å². The average molecular weight is 377 g/mol. The number of amides is 1. The maximum Gasteiger partial charge on any atom is 0.254 e. The van der Waals surface area contributed by atoms with E-state index in [-0.39, 0.29) is 11.9 Å². The molecule has 1 unspecified atom stereocenters. The standard InChI is InChI=1S/C22H27N5O/c1-4-16-13-15(2)24-22(25-16)26(3)14-17-7-6-12-27(17)21(28)19-8-5-9-20-18(19)10-11-23-20/h5,8-11,13,17,23H,4,6-7,12,14H2,1-3H3. The largest absolute Gasteiger partial charge is 0.361 e. The second-order valence-corrected chi connectivity index (χ2v) is 7.57. The first-order valence-corrected chi connectivity index (χ1v) is 9.99. The Labute approximate surface area is 165 Å². The van der Waals surface area contributed by atoms with Gasteiger partial charge >= 0.3 is 0 Å². The average Bonchev–Trinajstić information content (AvgIpc) is 3.35. The van der Waals surface area contributed by atoms with E-state index in [4.69, 9.17) is 0 Å². The van der Waals surface area contributed by atoms with E-state index in [9.17, 15) is 4.79 Å². The molecule has 2 aromatic heterocycles. The minimum absolute atomic E-state index is 0.112. The summed E-state index contributed by atoms with van der Waals surface area (Å²) in [5, 5.41) is 0.987. The van der Waals surface area contributed by atoms with Crippen LogP contribution in [0, 0.1) is 6.92 Å². The van der Waals surface area contributed by atoms with Crippen molar-refractivity contribution in [2.45, 2.75) is 39.2 Å². The number of rotatable bonds is 5. The molecule has 0 spiro atoms. The lowest BCUT2D eigenvalue weighted by Gasteiger charge is -2.29. The summed E-state index contributed by atoms with van der Waals surface area (Å²) in [6.45, 7) is 5.64. The molecule has 0 aliphatic carbocycles. The summed E-state index contributed by atoms with van der Waals surface area (Å²) in [7, 11) is 2.02. The maximum atomic E-state index is 13.3. The molecule has 0 saturated carbocycles. The third-order valence-electron chi connectivity index (χ3n) is 5.55. The molecular weight excluding hydrogens is 350 g/mol. The fourth-order valence-corrected chi connectivity index (χ4v) is 4.09. The SMILES string of the molecule is CCc1cc(C)nc(N(C)CC2CCCN2C(=O)c2cccc3[nH]ccc23)n1. The van der Waals surface area contributed by atoms with E-state index in [0.29, 0.717) is 0 Å². The number of hydrogen-bond donors (Lipinski definition) is 1. The third-order valence-corrected chi connectivity index (χ3v) is 5.55. The zero-order valence-electron chi connectivity index (χ0n) is 16.8. The molecule has 6 heteroatoms. The Morgan fingerprint density at radius 2 is 2.18 bits per heavy atom. The van der Waals surface area contributed by atoms with Crippen molar-refractivity contribution >= 4 is 22.8 Å². The summed E-state index contributed by atoms with van der Waals surface area (Å²) in [5.41, 5.74) is 3.80. The van der Waals surface area contributed by atoms with Crippen molar-refractivity contribution in [2.75, 3.05) is 25.0 Å². The van der Waals surface area contributed by atoms with Crippen molar-refractivity contribution < 1.29 is 4.79 Å². The van der Waals surface area contributed by atoms with Crippen LogP contribution in [0.2, 0.25) is 0 Å². The van der Waals surface area contributed by atoms with Crippen molar-refractivity contribution in [3.05, 3.63) is 53.5 Å². The predicted molar refractivity (Wildman–Crippen MR) is 112 cm³/mol. The number of nitrogens with one attached hydrogen (secondary N) is 1. The molecule has 1 atom stereocenters. The highest BCUT2D eigenvalue weighted by atomic mass is 16.2. The molecule has 6 nitrogen and oxygen atoms in total. The number of likely N-dealkylation sites (N-methyl/N-ethyl adjacent to an activating group) is 1. The summed E-state index contributed by atoms with van der Waals surface area (Å²) >= 11 is 0. The van der Waals surface area contributed by atoms with E-state index >= 15 is 0 Å². The van der Waals surface area contributed by atoms with Gasteiger partial charge in [0, 0.05) is 60.2 Å². The van der Waals surface area contributed by atoms with E-state index in [1.165, 1.54) is 0 Å². The Balaban J connectivity index is 1.54. The predicted octanol–water partition coefficient (Wildman–Crippen LogP) is 3.57. The molecule has 1 fully saturated rings. The number of carbonyl (C=O) groups is 1. The van der Waals surface area contributed by atoms with E-state index in [1.807, 2.05) is 55.4 Å². The second-order valence-electron chi connectivity index (χ2n) is 7.57. The van der Waals surface area contributed by atoms with Crippen LogP contribution in [0.15, 0.2) is 36.5 Å². The van der Waals surface area contributed by atoms with Crippen LogP contribution in [0.3, 0.4) is 0 Å². The molecule has 28 heavy (non-hydrogen) atoms. The number of anilines is 1. The van der Waals surface area contributed by atoms with Gasteiger partial charge in [0.1, 0.15) is 0 Å². The first kappa shape index (κ1) is 18.5. The molecule has 3 aromatic rings. The van der Waals surface area contributed by atoms with Gasteiger partial charge < -0.3 is 14.8 Å². The van der Waals surface area contributed by atoms with Crippen LogP contribution in [0.1, 0.15) is 41.5 Å². The molecule has 0 radical (unpaired) electrons. The molecule has 1 aliphatic rings. The number of hydrogen-bond acceptors (Lipinski definition) is 4. The first-order valence-electron chi connectivity index (χ1n) is 9.99. The van der Waals surface area contributed by atoms with Gasteiger partial charge in [-0.25, -0.2) is 9.97 Å². The molecule has 4 rings (SSSR count). The van der Waals surface area contributed by atoms with Crippen LogP contribution in [-0.4, -0.2) is 51.9 Å². The molecule has 1 aromatic carbocycles. The lowest BCUT2D eigenvalue weighted by Crippen LogP contribution is -2.42. The van der Waals surface area contributed by atoms with Gasteiger partial charge in [-0.1, -0.05) is 13.0 Å². The van der Waals surface area contributed by atoms with Crippen LogP contribution in [0.5, 0.6) is 0 Å². The molecule has 0 bridgehead atoms. The van der Waals surface area contributed by atoms with Gasteiger partial charge in [0.2, 0.25) is 5.95 Å². The molecule has 146 valence electrons. The Morgan fingerprint density at radius 3 is 3.00 bits per heavy atom. The summed E-state index contributed by atoms with van der Waals surface area (Å²) in [5.74, 6) is 0.851. The van der Waals surface area contributed by atoms with Gasteiger partial charge in [-0.05, 0) is 50.5 Å². The number of aromatic nitrogens is 3. The topological polar surface area (TPSA) is 65.1 Å². The van der Waals surface area contributed by atoms with E-state index < -0.39 is 0 Å². The fraction of sp³-hybridized carbons (Fsp3) is 0.409. The number of aryl methyl sites for hydroxylation is 2. The van der Waals surface area contributed by atoms with Crippen molar-refractivity contribution in [3.63, 3.8) is 0 Å². The number of aromatic amines is 1. The van der Waals surface area contributed by atoms with Crippen LogP contribution in [0.25, 0.3) is 10.9 Å². The molecule has 3 heterocycles. The number of fused-ring (bicyclic) bond motifs is 1. The van der Waals surface area contributed by atoms with Gasteiger partial charge in [0.05, 0.1) is 0 Å². The second kappa shape index (κ2) is 7.62. The molecule has 1 N–H and O–H groups in total. The molecule has 1 amide bonds. The molecular formula is C22H27N5O. The van der Waals surface area contributed by atoms with E-state index in [1.54, 1.807) is 0 Å². The van der Waals surface area contributed by atoms with Crippen LogP contribution in [-0.2, 0) is 6.42 Å². The van der Waals surface area contributed by atoms with Crippen molar-refractivity contribution in [3.8, 4) is 0 Å². The fourth-order valence-electron chi connectivity index (χ4n) is 4.09. The quantitative estimate of drug-likeness (QED) is 0.738. The minimum atomic E-state index is 0.112. The van der Waals surface area contributed by atoms with Crippen molar-refractivity contribution in [1.82, 2.24) is 19.9 Å². The normalized spacial score (nSPS) is 16.7. The Bertz CT molecular complexity index is 996. The number of nitrogens with zero attached hydrogens (tertiary/aromatic N) is 4. The number of carbonyl (C=O) groups excluding carboxylic acids is 1. The van der Waals surface area contributed by atoms with Gasteiger partial charge in [0.25, 0.3) is 5.91 Å². The molecule has 1 aliphatic heterocycles. The van der Waals surface area contributed by atoms with E-state index in [2.05, 4.69) is 26.8 Å². The first-order chi connectivity index (χ1) is 13.6. The summed E-state index contributed by atoms with van der Waals surface area (Å²) in [6, 6.07) is 10.0. The van der Waals surface area contributed by atoms with Gasteiger partial charge in [-0.3, -0.25) is 4.79 Å². The lowest BCUT2D eigenvalue weighted by atomic mass is 10.1. The van der Waals surface area contributed by atoms with Crippen molar-refractivity contribution in [2.24, 2.45) is 0 Å². The number of H-pyrrole nitrogens is 1. The maximum absolute atomic E-state index is 13.3.